The Morgan fingerprint density at radius 2 is 1.92 bits per heavy atom. The van der Waals surface area contributed by atoms with Crippen molar-refractivity contribution in [2.45, 2.75) is 31.7 Å². The molecule has 0 aliphatic carbocycles. The van der Waals surface area contributed by atoms with Gasteiger partial charge in [-0.2, -0.15) is 5.26 Å². The van der Waals surface area contributed by atoms with E-state index >= 15 is 0 Å². The van der Waals surface area contributed by atoms with Gasteiger partial charge in [0.25, 0.3) is 0 Å². The molecule has 1 rings (SSSR count). The Labute approximate surface area is 80.7 Å². The minimum absolute atomic E-state index is 0.00176. The minimum Gasteiger partial charge on any atom is -0.304 e. The highest BCUT2D eigenvalue weighted by Crippen LogP contribution is 2.09. The maximum Gasteiger partial charge on any atom is 0.108 e. The molecule has 0 spiro atoms. The lowest BCUT2D eigenvalue weighted by Crippen LogP contribution is -2.39. The quantitative estimate of drug-likeness (QED) is 0.705. The number of likely N-dealkylation sites (tertiary alicyclic amines) is 1. The molecular weight excluding hydrogens is 162 g/mol. The normalized spacial score (nSPS) is 21.8. The molecule has 0 bridgehead atoms. The Hall–Kier alpha value is -0.590. The number of likely N-dealkylation sites (N-methyl/N-ethyl adjacent to an activating group) is 1. The summed E-state index contributed by atoms with van der Waals surface area (Å²) in [5.74, 6) is 0. The molecule has 0 radical (unpaired) electrons. The highest BCUT2D eigenvalue weighted by Gasteiger charge is 2.13. The molecule has 0 amide bonds. The van der Waals surface area contributed by atoms with Gasteiger partial charge in [0.15, 0.2) is 0 Å². The summed E-state index contributed by atoms with van der Waals surface area (Å²) >= 11 is 0. The van der Waals surface area contributed by atoms with Crippen molar-refractivity contribution in [1.29, 1.82) is 5.26 Å². The number of hydrogen-bond donors (Lipinski definition) is 1. The lowest BCUT2D eigenvalue weighted by atomic mass is 10.2. The van der Waals surface area contributed by atoms with Gasteiger partial charge in [-0.1, -0.05) is 12.8 Å². The first-order valence-corrected chi connectivity index (χ1v) is 5.16. The van der Waals surface area contributed by atoms with Gasteiger partial charge >= 0.3 is 0 Å². The van der Waals surface area contributed by atoms with Crippen molar-refractivity contribution in [2.24, 2.45) is 0 Å². The summed E-state index contributed by atoms with van der Waals surface area (Å²) in [6.07, 6.45) is 5.30. The molecule has 0 saturated carbocycles. The molecule has 13 heavy (non-hydrogen) atoms. The zero-order chi connectivity index (χ0) is 9.52. The van der Waals surface area contributed by atoms with Crippen molar-refractivity contribution in [3.05, 3.63) is 0 Å². The van der Waals surface area contributed by atoms with Crippen molar-refractivity contribution >= 4 is 0 Å². The maximum absolute atomic E-state index is 8.79. The molecule has 1 aliphatic rings. The van der Waals surface area contributed by atoms with Crippen LogP contribution in [0.1, 0.15) is 25.7 Å². The van der Waals surface area contributed by atoms with E-state index in [2.05, 4.69) is 16.3 Å². The Morgan fingerprint density at radius 3 is 2.38 bits per heavy atom. The Balaban J connectivity index is 2.29. The predicted molar refractivity (Wildman–Crippen MR) is 53.4 cm³/mol. The fraction of sp³-hybridized carbons (Fsp3) is 0.900. The number of nitrogens with one attached hydrogen (secondary N) is 1. The third kappa shape index (κ3) is 3.75. The van der Waals surface area contributed by atoms with Crippen LogP contribution in [0.5, 0.6) is 0 Å². The van der Waals surface area contributed by atoms with Gasteiger partial charge in [-0.3, -0.25) is 0 Å². The van der Waals surface area contributed by atoms with Crippen LogP contribution in [-0.2, 0) is 0 Å². The first kappa shape index (κ1) is 10.5. The van der Waals surface area contributed by atoms with Gasteiger partial charge in [0, 0.05) is 6.54 Å². The summed E-state index contributed by atoms with van der Waals surface area (Å²) in [4.78, 5) is 2.40. The average molecular weight is 181 g/mol. The van der Waals surface area contributed by atoms with E-state index in [4.69, 9.17) is 5.26 Å². The van der Waals surface area contributed by atoms with Crippen molar-refractivity contribution in [3.8, 4) is 6.07 Å². The Kier molecular flexibility index (Phi) is 4.81. The molecule has 1 heterocycles. The smallest absolute Gasteiger partial charge is 0.108 e. The van der Waals surface area contributed by atoms with Crippen molar-refractivity contribution in [1.82, 2.24) is 10.2 Å². The minimum atomic E-state index is -0.00176. The Bertz CT molecular complexity index is 165. The third-order valence-electron chi connectivity index (χ3n) is 2.64. The second-order valence-corrected chi connectivity index (χ2v) is 3.69. The Morgan fingerprint density at radius 1 is 1.31 bits per heavy atom. The number of hydrogen-bond acceptors (Lipinski definition) is 3. The summed E-state index contributed by atoms with van der Waals surface area (Å²) in [6.45, 7) is 3.22. The largest absolute Gasteiger partial charge is 0.304 e. The number of rotatable bonds is 3. The van der Waals surface area contributed by atoms with E-state index in [1.807, 2.05) is 7.05 Å². The van der Waals surface area contributed by atoms with Crippen LogP contribution in [-0.4, -0.2) is 37.6 Å². The molecule has 1 N–H and O–H groups in total. The maximum atomic E-state index is 8.79. The molecule has 1 atom stereocenters. The number of nitrogens with zero attached hydrogens (tertiary/aromatic N) is 2. The molecule has 1 saturated heterocycles. The van der Waals surface area contributed by atoms with Gasteiger partial charge in [-0.05, 0) is 33.0 Å². The molecular formula is C10H19N3. The van der Waals surface area contributed by atoms with Gasteiger partial charge in [0.05, 0.1) is 6.07 Å². The van der Waals surface area contributed by atoms with E-state index in [0.29, 0.717) is 0 Å². The second-order valence-electron chi connectivity index (χ2n) is 3.69. The van der Waals surface area contributed by atoms with Gasteiger partial charge in [0.2, 0.25) is 0 Å². The van der Waals surface area contributed by atoms with E-state index in [1.165, 1.54) is 38.8 Å². The summed E-state index contributed by atoms with van der Waals surface area (Å²) in [7, 11) is 1.85. The topological polar surface area (TPSA) is 39.1 Å². The van der Waals surface area contributed by atoms with Crippen LogP contribution < -0.4 is 5.32 Å². The van der Waals surface area contributed by atoms with Gasteiger partial charge in [-0.25, -0.2) is 0 Å². The zero-order valence-electron chi connectivity index (χ0n) is 8.42. The van der Waals surface area contributed by atoms with Crippen LogP contribution in [0.15, 0.2) is 0 Å². The molecule has 74 valence electrons. The zero-order valence-corrected chi connectivity index (χ0v) is 8.42. The standard InChI is InChI=1S/C10H19N3/c1-12-10(8-11)9-13-6-4-2-3-5-7-13/h10,12H,2-7,9H2,1H3. The van der Waals surface area contributed by atoms with E-state index in [9.17, 15) is 0 Å². The van der Waals surface area contributed by atoms with E-state index < -0.39 is 0 Å². The third-order valence-corrected chi connectivity index (χ3v) is 2.64. The van der Waals surface area contributed by atoms with E-state index in [-0.39, 0.29) is 6.04 Å². The summed E-state index contributed by atoms with van der Waals surface area (Å²) in [6, 6.07) is 2.26. The van der Waals surface area contributed by atoms with E-state index in [0.717, 1.165) is 6.54 Å². The van der Waals surface area contributed by atoms with Crippen LogP contribution in [0.3, 0.4) is 0 Å². The molecule has 3 heteroatoms. The lowest BCUT2D eigenvalue weighted by molar-refractivity contribution is 0.271. The molecule has 1 unspecified atom stereocenters. The fourth-order valence-electron chi connectivity index (χ4n) is 1.77. The predicted octanol–water partition coefficient (Wildman–Crippen LogP) is 0.974. The SMILES string of the molecule is CNC(C#N)CN1CCCCCC1. The van der Waals surface area contributed by atoms with Crippen LogP contribution in [0.2, 0.25) is 0 Å². The molecule has 0 aromatic rings. The first-order valence-electron chi connectivity index (χ1n) is 5.16. The van der Waals surface area contributed by atoms with Crippen LogP contribution >= 0.6 is 0 Å². The fourth-order valence-corrected chi connectivity index (χ4v) is 1.77. The monoisotopic (exact) mass is 181 g/mol. The van der Waals surface area contributed by atoms with Crippen LogP contribution in [0.25, 0.3) is 0 Å². The highest BCUT2D eigenvalue weighted by molar-refractivity contribution is 4.91. The molecule has 0 aromatic carbocycles. The van der Waals surface area contributed by atoms with Crippen LogP contribution in [0, 0.1) is 11.3 Å². The molecule has 3 nitrogen and oxygen atoms in total. The van der Waals surface area contributed by atoms with E-state index in [1.54, 1.807) is 0 Å². The molecule has 1 fully saturated rings. The van der Waals surface area contributed by atoms with Crippen LogP contribution in [0.4, 0.5) is 0 Å². The van der Waals surface area contributed by atoms with Crippen molar-refractivity contribution < 1.29 is 0 Å². The summed E-state index contributed by atoms with van der Waals surface area (Å²) < 4.78 is 0. The molecule has 1 aliphatic heterocycles. The summed E-state index contributed by atoms with van der Waals surface area (Å²) in [5.41, 5.74) is 0. The highest BCUT2D eigenvalue weighted by atomic mass is 15.1. The van der Waals surface area contributed by atoms with Gasteiger partial charge in [-0.15, -0.1) is 0 Å². The number of nitriles is 1. The molecule has 0 aromatic heterocycles. The van der Waals surface area contributed by atoms with Crippen molar-refractivity contribution in [3.63, 3.8) is 0 Å². The lowest BCUT2D eigenvalue weighted by Gasteiger charge is -2.21. The second kappa shape index (κ2) is 5.95. The van der Waals surface area contributed by atoms with Crippen molar-refractivity contribution in [2.75, 3.05) is 26.7 Å². The average Bonchev–Trinajstić information content (AvgIpc) is 2.42. The van der Waals surface area contributed by atoms with Gasteiger partial charge in [0.1, 0.15) is 6.04 Å². The van der Waals surface area contributed by atoms with Gasteiger partial charge < -0.3 is 10.2 Å². The first-order chi connectivity index (χ1) is 6.36. The summed E-state index contributed by atoms with van der Waals surface area (Å²) in [5, 5.41) is 11.8.